The second-order valence-electron chi connectivity index (χ2n) is 4.97. The number of fused-ring (bicyclic) bond motifs is 1. The Morgan fingerprint density at radius 2 is 1.95 bits per heavy atom. The number of aromatic nitrogens is 2. The van der Waals surface area contributed by atoms with E-state index in [1.807, 2.05) is 35.9 Å². The van der Waals surface area contributed by atoms with Gasteiger partial charge in [0.1, 0.15) is 5.75 Å². The third-order valence-corrected chi connectivity index (χ3v) is 3.63. The highest BCUT2D eigenvalue weighted by Gasteiger charge is 2.20. The van der Waals surface area contributed by atoms with Crippen molar-refractivity contribution >= 4 is 5.78 Å². The first kappa shape index (κ1) is 12.9. The van der Waals surface area contributed by atoms with Crippen LogP contribution in [0.4, 0.5) is 0 Å². The fourth-order valence-electron chi connectivity index (χ4n) is 2.63. The average Bonchev–Trinajstić information content (AvgIpc) is 2.80. The Morgan fingerprint density at radius 1 is 1.20 bits per heavy atom. The number of Topliss-reactive ketones (excluding diaryl/α,β-unsaturated/α-hetero) is 1. The topological polar surface area (TPSA) is 44.1 Å². The van der Waals surface area contributed by atoms with E-state index in [0.29, 0.717) is 13.0 Å². The van der Waals surface area contributed by atoms with Crippen molar-refractivity contribution in [1.82, 2.24) is 9.78 Å². The molecule has 0 amide bonds. The number of ether oxygens (including phenoxy) is 1. The molecule has 1 heterocycles. The first-order chi connectivity index (χ1) is 9.79. The quantitative estimate of drug-likeness (QED) is 0.805. The van der Waals surface area contributed by atoms with E-state index < -0.39 is 0 Å². The number of hydrogen-bond acceptors (Lipinski definition) is 3. The van der Waals surface area contributed by atoms with Crippen molar-refractivity contribution in [3.8, 4) is 11.4 Å². The number of benzene rings is 1. The maximum absolute atomic E-state index is 12.0. The van der Waals surface area contributed by atoms with Gasteiger partial charge in [-0.05, 0) is 50.5 Å². The molecule has 0 saturated heterocycles. The van der Waals surface area contributed by atoms with Crippen LogP contribution in [0.3, 0.4) is 0 Å². The lowest BCUT2D eigenvalue weighted by Gasteiger charge is -2.08. The van der Waals surface area contributed by atoms with Crippen LogP contribution in [0, 0.1) is 0 Å². The summed E-state index contributed by atoms with van der Waals surface area (Å²) in [6, 6.07) is 7.83. The Labute approximate surface area is 118 Å². The van der Waals surface area contributed by atoms with Crippen LogP contribution in [0.15, 0.2) is 30.5 Å². The normalized spacial score (nSPS) is 14.8. The minimum atomic E-state index is 0.217. The van der Waals surface area contributed by atoms with Crippen LogP contribution < -0.4 is 4.74 Å². The maximum atomic E-state index is 12.0. The highest BCUT2D eigenvalue weighted by molar-refractivity contribution is 5.97. The summed E-state index contributed by atoms with van der Waals surface area (Å²) in [7, 11) is 0. The molecule has 0 spiro atoms. The molecule has 0 radical (unpaired) electrons. The molecule has 2 aromatic rings. The molecule has 104 valence electrons. The number of carbonyl (C=O) groups is 1. The Balaban J connectivity index is 1.96. The largest absolute Gasteiger partial charge is 0.494 e. The molecule has 1 aromatic carbocycles. The van der Waals surface area contributed by atoms with E-state index in [4.69, 9.17) is 4.74 Å². The molecule has 0 atom stereocenters. The summed E-state index contributed by atoms with van der Waals surface area (Å²) in [4.78, 5) is 12.0. The molecular formula is C16H18N2O2. The molecule has 1 aliphatic carbocycles. The zero-order chi connectivity index (χ0) is 13.9. The SMILES string of the molecule is CCOc1ccc(-n2ncc3c2CCCCC3=O)cc1. The molecule has 0 N–H and O–H groups in total. The monoisotopic (exact) mass is 270 g/mol. The van der Waals surface area contributed by atoms with Crippen LogP contribution in [-0.4, -0.2) is 22.2 Å². The van der Waals surface area contributed by atoms with Crippen molar-refractivity contribution in [2.75, 3.05) is 6.61 Å². The predicted molar refractivity (Wildman–Crippen MR) is 76.6 cm³/mol. The lowest BCUT2D eigenvalue weighted by molar-refractivity contribution is 0.0982. The van der Waals surface area contributed by atoms with Gasteiger partial charge in [0, 0.05) is 6.42 Å². The Kier molecular flexibility index (Phi) is 3.54. The standard InChI is InChI=1S/C16H18N2O2/c1-2-20-13-9-7-12(8-10-13)18-15-5-3-4-6-16(19)14(15)11-17-18/h7-11H,2-6H2,1H3. The molecule has 4 nitrogen and oxygen atoms in total. The van der Waals surface area contributed by atoms with Crippen molar-refractivity contribution in [2.24, 2.45) is 0 Å². The highest BCUT2D eigenvalue weighted by Crippen LogP contribution is 2.24. The van der Waals surface area contributed by atoms with E-state index in [9.17, 15) is 4.79 Å². The van der Waals surface area contributed by atoms with Crippen LogP contribution >= 0.6 is 0 Å². The van der Waals surface area contributed by atoms with Gasteiger partial charge in [0.2, 0.25) is 0 Å². The third kappa shape index (κ3) is 2.33. The zero-order valence-electron chi connectivity index (χ0n) is 11.6. The van der Waals surface area contributed by atoms with Crippen molar-refractivity contribution in [3.05, 3.63) is 41.7 Å². The maximum Gasteiger partial charge on any atom is 0.166 e. The molecule has 1 aliphatic rings. The lowest BCUT2D eigenvalue weighted by Crippen LogP contribution is -2.04. The first-order valence-corrected chi connectivity index (χ1v) is 7.13. The summed E-state index contributed by atoms with van der Waals surface area (Å²) >= 11 is 0. The van der Waals surface area contributed by atoms with Crippen LogP contribution in [0.2, 0.25) is 0 Å². The number of hydrogen-bond donors (Lipinski definition) is 0. The first-order valence-electron chi connectivity index (χ1n) is 7.13. The number of rotatable bonds is 3. The summed E-state index contributed by atoms with van der Waals surface area (Å²) in [5.41, 5.74) is 2.80. The fraction of sp³-hybridized carbons (Fsp3) is 0.375. The summed E-state index contributed by atoms with van der Waals surface area (Å²) in [6.07, 6.45) is 5.27. The molecule has 3 rings (SSSR count). The number of nitrogens with zero attached hydrogens (tertiary/aromatic N) is 2. The summed E-state index contributed by atoms with van der Waals surface area (Å²) in [5, 5.41) is 4.39. The summed E-state index contributed by atoms with van der Waals surface area (Å²) in [5.74, 6) is 1.07. The molecule has 0 saturated carbocycles. The highest BCUT2D eigenvalue weighted by atomic mass is 16.5. The lowest BCUT2D eigenvalue weighted by atomic mass is 10.1. The van der Waals surface area contributed by atoms with E-state index in [-0.39, 0.29) is 5.78 Å². The van der Waals surface area contributed by atoms with E-state index in [0.717, 1.165) is 42.0 Å². The molecule has 0 fully saturated rings. The minimum absolute atomic E-state index is 0.217. The van der Waals surface area contributed by atoms with Crippen LogP contribution in [0.1, 0.15) is 42.2 Å². The van der Waals surface area contributed by atoms with Gasteiger partial charge in [0.15, 0.2) is 5.78 Å². The third-order valence-electron chi connectivity index (χ3n) is 3.63. The van der Waals surface area contributed by atoms with Crippen molar-refractivity contribution in [3.63, 3.8) is 0 Å². The van der Waals surface area contributed by atoms with Gasteiger partial charge in [-0.15, -0.1) is 0 Å². The molecule has 0 bridgehead atoms. The van der Waals surface area contributed by atoms with Crippen LogP contribution in [0.25, 0.3) is 5.69 Å². The van der Waals surface area contributed by atoms with Crippen molar-refractivity contribution in [2.45, 2.75) is 32.6 Å². The smallest absolute Gasteiger partial charge is 0.166 e. The second-order valence-corrected chi connectivity index (χ2v) is 4.97. The van der Waals surface area contributed by atoms with Crippen LogP contribution in [-0.2, 0) is 6.42 Å². The Hall–Kier alpha value is -2.10. The average molecular weight is 270 g/mol. The number of ketones is 1. The van der Waals surface area contributed by atoms with Gasteiger partial charge in [-0.25, -0.2) is 4.68 Å². The van der Waals surface area contributed by atoms with Gasteiger partial charge < -0.3 is 4.74 Å². The van der Waals surface area contributed by atoms with Crippen molar-refractivity contribution < 1.29 is 9.53 Å². The Bertz CT molecular complexity index is 614. The zero-order valence-corrected chi connectivity index (χ0v) is 11.6. The molecule has 4 heteroatoms. The van der Waals surface area contributed by atoms with Crippen molar-refractivity contribution in [1.29, 1.82) is 0 Å². The second kappa shape index (κ2) is 5.49. The molecule has 1 aromatic heterocycles. The van der Waals surface area contributed by atoms with E-state index in [2.05, 4.69) is 5.10 Å². The molecule has 0 aliphatic heterocycles. The number of carbonyl (C=O) groups excluding carboxylic acids is 1. The van der Waals surface area contributed by atoms with Gasteiger partial charge in [0.05, 0.1) is 29.7 Å². The predicted octanol–water partition coefficient (Wildman–Crippen LogP) is 3.18. The fourth-order valence-corrected chi connectivity index (χ4v) is 2.63. The molecule has 0 unspecified atom stereocenters. The van der Waals surface area contributed by atoms with Gasteiger partial charge in [0.25, 0.3) is 0 Å². The van der Waals surface area contributed by atoms with Gasteiger partial charge in [-0.1, -0.05) is 0 Å². The van der Waals surface area contributed by atoms with E-state index >= 15 is 0 Å². The van der Waals surface area contributed by atoms with E-state index in [1.165, 1.54) is 0 Å². The molecule has 20 heavy (non-hydrogen) atoms. The van der Waals surface area contributed by atoms with Gasteiger partial charge in [-0.2, -0.15) is 5.10 Å². The summed E-state index contributed by atoms with van der Waals surface area (Å²) in [6.45, 7) is 2.62. The van der Waals surface area contributed by atoms with Crippen LogP contribution in [0.5, 0.6) is 5.75 Å². The van der Waals surface area contributed by atoms with Gasteiger partial charge >= 0.3 is 0 Å². The van der Waals surface area contributed by atoms with E-state index in [1.54, 1.807) is 6.20 Å². The van der Waals surface area contributed by atoms with Gasteiger partial charge in [-0.3, -0.25) is 4.79 Å². The summed E-state index contributed by atoms with van der Waals surface area (Å²) < 4.78 is 7.33. The minimum Gasteiger partial charge on any atom is -0.494 e. The Morgan fingerprint density at radius 3 is 2.70 bits per heavy atom. The molecular weight excluding hydrogens is 252 g/mol.